The summed E-state index contributed by atoms with van der Waals surface area (Å²) in [6, 6.07) is 6.23. The molecule has 0 radical (unpaired) electrons. The molecule has 1 amide bonds. The van der Waals surface area contributed by atoms with Crippen molar-refractivity contribution in [2.45, 2.75) is 0 Å². The summed E-state index contributed by atoms with van der Waals surface area (Å²) < 4.78 is 5.08. The first-order valence-corrected chi connectivity index (χ1v) is 3.70. The summed E-state index contributed by atoms with van der Waals surface area (Å²) in [5.41, 5.74) is 5.47. The Morgan fingerprint density at radius 2 is 2.23 bits per heavy atom. The minimum Gasteiger partial charge on any atom is -0.507 e. The number of aromatic hydroxyl groups is 1. The molecule has 4 nitrogen and oxygen atoms in total. The molecule has 4 heteroatoms. The monoisotopic (exact) mass is 177 g/mol. The third-order valence-corrected chi connectivity index (χ3v) is 1.78. The maximum absolute atomic E-state index is 10.7. The number of phenols is 1. The summed E-state index contributed by atoms with van der Waals surface area (Å²) in [6.07, 6.45) is 0. The number of fused-ring (bicyclic) bond motifs is 1. The zero-order valence-corrected chi connectivity index (χ0v) is 6.65. The first-order valence-electron chi connectivity index (χ1n) is 3.70. The van der Waals surface area contributed by atoms with E-state index in [1.165, 1.54) is 12.1 Å². The van der Waals surface area contributed by atoms with Gasteiger partial charge in [0.25, 0.3) is 5.91 Å². The number of carbonyl (C=O) groups excluding carboxylic acids is 1. The molecule has 0 bridgehead atoms. The van der Waals surface area contributed by atoms with Crippen molar-refractivity contribution in [1.82, 2.24) is 0 Å². The van der Waals surface area contributed by atoms with Crippen LogP contribution in [-0.2, 0) is 0 Å². The number of hydrogen-bond acceptors (Lipinski definition) is 3. The smallest absolute Gasteiger partial charge is 0.284 e. The van der Waals surface area contributed by atoms with Crippen LogP contribution in [0.15, 0.2) is 28.7 Å². The topological polar surface area (TPSA) is 76.5 Å². The van der Waals surface area contributed by atoms with Gasteiger partial charge < -0.3 is 15.3 Å². The third kappa shape index (κ3) is 1.12. The molecule has 0 saturated heterocycles. The molecule has 2 aromatic rings. The Balaban J connectivity index is 2.75. The molecule has 3 N–H and O–H groups in total. The van der Waals surface area contributed by atoms with Crippen LogP contribution < -0.4 is 5.73 Å². The van der Waals surface area contributed by atoms with Crippen molar-refractivity contribution in [3.05, 3.63) is 30.0 Å². The van der Waals surface area contributed by atoms with Crippen LogP contribution in [0.4, 0.5) is 0 Å². The average Bonchev–Trinajstić information content (AvgIpc) is 2.49. The minimum atomic E-state index is -0.643. The minimum absolute atomic E-state index is 0.0523. The molecule has 0 unspecified atom stereocenters. The first kappa shape index (κ1) is 7.67. The van der Waals surface area contributed by atoms with Crippen LogP contribution >= 0.6 is 0 Å². The van der Waals surface area contributed by atoms with E-state index in [-0.39, 0.29) is 11.5 Å². The summed E-state index contributed by atoms with van der Waals surface area (Å²) in [6.45, 7) is 0. The Bertz CT molecular complexity index is 473. The van der Waals surface area contributed by atoms with Crippen molar-refractivity contribution >= 4 is 16.9 Å². The van der Waals surface area contributed by atoms with Crippen LogP contribution in [0.1, 0.15) is 10.6 Å². The second-order valence-electron chi connectivity index (χ2n) is 2.66. The van der Waals surface area contributed by atoms with Gasteiger partial charge in [-0.1, -0.05) is 6.07 Å². The van der Waals surface area contributed by atoms with Crippen molar-refractivity contribution in [1.29, 1.82) is 0 Å². The highest BCUT2D eigenvalue weighted by Gasteiger charge is 2.10. The quantitative estimate of drug-likeness (QED) is 0.687. The van der Waals surface area contributed by atoms with Gasteiger partial charge in [-0.15, -0.1) is 0 Å². The lowest BCUT2D eigenvalue weighted by Gasteiger charge is -1.89. The summed E-state index contributed by atoms with van der Waals surface area (Å²) in [5, 5.41) is 9.85. The van der Waals surface area contributed by atoms with E-state index in [1.807, 2.05) is 0 Å². The first-order chi connectivity index (χ1) is 6.18. The molecule has 1 aromatic carbocycles. The largest absolute Gasteiger partial charge is 0.507 e. The number of amides is 1. The maximum Gasteiger partial charge on any atom is 0.284 e. The third-order valence-electron chi connectivity index (χ3n) is 1.78. The van der Waals surface area contributed by atoms with Crippen LogP contribution in [0, 0.1) is 0 Å². The van der Waals surface area contributed by atoms with Gasteiger partial charge in [0, 0.05) is 6.07 Å². The summed E-state index contributed by atoms with van der Waals surface area (Å²) >= 11 is 0. The van der Waals surface area contributed by atoms with E-state index in [0.29, 0.717) is 11.0 Å². The van der Waals surface area contributed by atoms with Crippen LogP contribution in [0.25, 0.3) is 11.0 Å². The standard InChI is InChI=1S/C9H7NO3/c10-9(12)8-4-5-6(11)2-1-3-7(5)13-8/h1-4,11H,(H2,10,12). The molecule has 0 fully saturated rings. The van der Waals surface area contributed by atoms with Gasteiger partial charge in [-0.2, -0.15) is 0 Å². The van der Waals surface area contributed by atoms with Crippen molar-refractivity contribution in [2.75, 3.05) is 0 Å². The Morgan fingerprint density at radius 1 is 1.46 bits per heavy atom. The molecule has 0 aliphatic heterocycles. The maximum atomic E-state index is 10.7. The van der Waals surface area contributed by atoms with Gasteiger partial charge in [-0.3, -0.25) is 4.79 Å². The zero-order chi connectivity index (χ0) is 9.42. The fourth-order valence-electron chi connectivity index (χ4n) is 1.17. The van der Waals surface area contributed by atoms with E-state index < -0.39 is 5.91 Å². The van der Waals surface area contributed by atoms with Crippen LogP contribution in [0.5, 0.6) is 5.75 Å². The molecule has 0 spiro atoms. The van der Waals surface area contributed by atoms with E-state index in [4.69, 9.17) is 10.2 Å². The van der Waals surface area contributed by atoms with Crippen LogP contribution in [0.2, 0.25) is 0 Å². The van der Waals surface area contributed by atoms with Crippen molar-refractivity contribution < 1.29 is 14.3 Å². The number of hydrogen-bond donors (Lipinski definition) is 2. The fraction of sp³-hybridized carbons (Fsp3) is 0. The van der Waals surface area contributed by atoms with E-state index in [2.05, 4.69) is 0 Å². The molecule has 0 atom stereocenters. The van der Waals surface area contributed by atoms with Crippen LogP contribution in [0.3, 0.4) is 0 Å². The molecule has 0 aliphatic carbocycles. The second-order valence-corrected chi connectivity index (χ2v) is 2.66. The van der Waals surface area contributed by atoms with Gasteiger partial charge in [-0.05, 0) is 12.1 Å². The molecule has 0 aliphatic rings. The molecule has 1 heterocycles. The van der Waals surface area contributed by atoms with E-state index >= 15 is 0 Å². The summed E-state index contributed by atoms with van der Waals surface area (Å²) in [7, 11) is 0. The second kappa shape index (κ2) is 2.52. The van der Waals surface area contributed by atoms with Crippen molar-refractivity contribution in [3.63, 3.8) is 0 Å². The van der Waals surface area contributed by atoms with Crippen LogP contribution in [-0.4, -0.2) is 11.0 Å². The number of carbonyl (C=O) groups is 1. The lowest BCUT2D eigenvalue weighted by atomic mass is 10.2. The van der Waals surface area contributed by atoms with Crippen molar-refractivity contribution in [2.24, 2.45) is 5.73 Å². The lowest BCUT2D eigenvalue weighted by molar-refractivity contribution is 0.0976. The normalized spacial score (nSPS) is 10.5. The number of benzene rings is 1. The SMILES string of the molecule is NC(=O)c1cc2c(O)cccc2o1. The predicted molar refractivity (Wildman–Crippen MR) is 46.4 cm³/mol. The molecule has 1 aromatic heterocycles. The predicted octanol–water partition coefficient (Wildman–Crippen LogP) is 1.24. The number of rotatable bonds is 1. The highest BCUT2D eigenvalue weighted by atomic mass is 16.3. The highest BCUT2D eigenvalue weighted by Crippen LogP contribution is 2.26. The number of furan rings is 1. The Kier molecular flexibility index (Phi) is 1.48. The lowest BCUT2D eigenvalue weighted by Crippen LogP contribution is -2.08. The van der Waals surface area contributed by atoms with Gasteiger partial charge in [0.15, 0.2) is 5.76 Å². The number of primary amides is 1. The van der Waals surface area contributed by atoms with Gasteiger partial charge in [-0.25, -0.2) is 0 Å². The average molecular weight is 177 g/mol. The van der Waals surface area contributed by atoms with E-state index in [0.717, 1.165) is 0 Å². The molecule has 66 valence electrons. The molecular weight excluding hydrogens is 170 g/mol. The molecular formula is C9H7NO3. The number of phenolic OH excluding ortho intramolecular Hbond substituents is 1. The van der Waals surface area contributed by atoms with Gasteiger partial charge in [0.2, 0.25) is 0 Å². The molecule has 0 saturated carbocycles. The summed E-state index contributed by atoms with van der Waals surface area (Å²) in [5.74, 6) is -0.513. The van der Waals surface area contributed by atoms with Gasteiger partial charge in [0.05, 0.1) is 5.39 Å². The fourth-order valence-corrected chi connectivity index (χ4v) is 1.17. The van der Waals surface area contributed by atoms with E-state index in [1.54, 1.807) is 12.1 Å². The Morgan fingerprint density at radius 3 is 2.85 bits per heavy atom. The number of nitrogens with two attached hydrogens (primary N) is 1. The molecule has 2 rings (SSSR count). The highest BCUT2D eigenvalue weighted by molar-refractivity contribution is 5.96. The van der Waals surface area contributed by atoms with E-state index in [9.17, 15) is 9.90 Å². The zero-order valence-electron chi connectivity index (χ0n) is 6.65. The van der Waals surface area contributed by atoms with Gasteiger partial charge >= 0.3 is 0 Å². The Hall–Kier alpha value is -1.97. The van der Waals surface area contributed by atoms with Crippen molar-refractivity contribution in [3.8, 4) is 5.75 Å². The molecule has 13 heavy (non-hydrogen) atoms. The van der Waals surface area contributed by atoms with Gasteiger partial charge in [0.1, 0.15) is 11.3 Å². The Labute approximate surface area is 73.6 Å². The summed E-state index contributed by atoms with van der Waals surface area (Å²) in [4.78, 5) is 10.7.